The Morgan fingerprint density at radius 3 is 2.57 bits per heavy atom. The van der Waals surface area contributed by atoms with Gasteiger partial charge in [0.1, 0.15) is 23.0 Å². The molecule has 7 nitrogen and oxygen atoms in total. The van der Waals surface area contributed by atoms with Gasteiger partial charge in [-0.2, -0.15) is 0 Å². The first-order valence-electron chi connectivity index (χ1n) is 10.4. The Morgan fingerprint density at radius 2 is 1.90 bits per heavy atom. The van der Waals surface area contributed by atoms with Gasteiger partial charge in [0.15, 0.2) is 0 Å². The molecule has 0 fully saturated rings. The molecule has 7 heteroatoms. The maximum atomic E-state index is 12.8. The number of ether oxygens (including phenoxy) is 2. The number of alkyl carbamates (subject to hydrolysis) is 1. The van der Waals surface area contributed by atoms with Gasteiger partial charge in [0.2, 0.25) is 0 Å². The number of amides is 1. The molecule has 1 amide bonds. The number of nitrogens with one attached hydrogen (secondary N) is 1. The third-order valence-electron chi connectivity index (χ3n) is 5.30. The quantitative estimate of drug-likeness (QED) is 0.448. The van der Waals surface area contributed by atoms with E-state index in [9.17, 15) is 14.4 Å². The summed E-state index contributed by atoms with van der Waals surface area (Å²) in [6.45, 7) is 9.04. The summed E-state index contributed by atoms with van der Waals surface area (Å²) >= 11 is 0. The maximum absolute atomic E-state index is 12.8. The molecule has 2 aromatic rings. The number of aryl methyl sites for hydroxylation is 1. The zero-order valence-electron chi connectivity index (χ0n) is 18.2. The van der Waals surface area contributed by atoms with Crippen LogP contribution in [0.2, 0.25) is 0 Å². The zero-order chi connectivity index (χ0) is 22.1. The fourth-order valence-corrected chi connectivity index (χ4v) is 3.61. The van der Waals surface area contributed by atoms with E-state index in [2.05, 4.69) is 5.32 Å². The second kappa shape index (κ2) is 8.50. The molecule has 1 aromatic carbocycles. The van der Waals surface area contributed by atoms with Gasteiger partial charge >= 0.3 is 17.7 Å². The van der Waals surface area contributed by atoms with Crippen LogP contribution in [0.15, 0.2) is 27.4 Å². The molecule has 0 saturated heterocycles. The minimum absolute atomic E-state index is 0.160. The molecule has 1 aliphatic carbocycles. The minimum Gasteiger partial charge on any atom is -0.444 e. The van der Waals surface area contributed by atoms with Crippen molar-refractivity contribution in [3.05, 3.63) is 39.7 Å². The SMILES string of the molecule is CC[C@@H](C)[C@H](NC(=O)OC(C)(C)C)C(=O)Oc1ccc2c3c(c(=O)oc2c1)CCC3. The Morgan fingerprint density at radius 1 is 1.20 bits per heavy atom. The van der Waals surface area contributed by atoms with Gasteiger partial charge in [0, 0.05) is 17.0 Å². The van der Waals surface area contributed by atoms with Crippen LogP contribution in [0.1, 0.15) is 58.6 Å². The van der Waals surface area contributed by atoms with E-state index in [1.807, 2.05) is 19.9 Å². The third kappa shape index (κ3) is 4.83. The molecule has 1 N–H and O–H groups in total. The van der Waals surface area contributed by atoms with Gasteiger partial charge in [-0.3, -0.25) is 0 Å². The minimum atomic E-state index is -0.868. The smallest absolute Gasteiger partial charge is 0.408 e. The van der Waals surface area contributed by atoms with Crippen LogP contribution < -0.4 is 15.7 Å². The van der Waals surface area contributed by atoms with Crippen LogP contribution >= 0.6 is 0 Å². The molecule has 162 valence electrons. The second-order valence-electron chi connectivity index (χ2n) is 8.79. The summed E-state index contributed by atoms with van der Waals surface area (Å²) in [4.78, 5) is 37.2. The average molecular weight is 415 g/mol. The van der Waals surface area contributed by atoms with E-state index in [0.29, 0.717) is 12.0 Å². The van der Waals surface area contributed by atoms with Crippen LogP contribution in [0.5, 0.6) is 5.75 Å². The molecular weight excluding hydrogens is 386 g/mol. The molecule has 3 rings (SSSR count). The van der Waals surface area contributed by atoms with Crippen LogP contribution in [-0.2, 0) is 22.4 Å². The highest BCUT2D eigenvalue weighted by Gasteiger charge is 2.30. The fourth-order valence-electron chi connectivity index (χ4n) is 3.61. The van der Waals surface area contributed by atoms with E-state index in [0.717, 1.165) is 35.8 Å². The van der Waals surface area contributed by atoms with Crippen molar-refractivity contribution < 1.29 is 23.5 Å². The second-order valence-corrected chi connectivity index (χ2v) is 8.79. The van der Waals surface area contributed by atoms with Crippen molar-refractivity contribution in [3.63, 3.8) is 0 Å². The fraction of sp³-hybridized carbons (Fsp3) is 0.522. The lowest BCUT2D eigenvalue weighted by atomic mass is 9.99. The van der Waals surface area contributed by atoms with Gasteiger partial charge in [0.25, 0.3) is 0 Å². The highest BCUT2D eigenvalue weighted by atomic mass is 16.6. The van der Waals surface area contributed by atoms with E-state index < -0.39 is 23.7 Å². The number of fused-ring (bicyclic) bond motifs is 3. The van der Waals surface area contributed by atoms with E-state index >= 15 is 0 Å². The van der Waals surface area contributed by atoms with E-state index in [-0.39, 0.29) is 17.3 Å². The van der Waals surface area contributed by atoms with Crippen LogP contribution in [-0.4, -0.2) is 23.7 Å². The molecule has 0 saturated carbocycles. The number of hydrogen-bond donors (Lipinski definition) is 1. The lowest BCUT2D eigenvalue weighted by Gasteiger charge is -2.25. The van der Waals surface area contributed by atoms with E-state index in [4.69, 9.17) is 13.9 Å². The molecule has 0 unspecified atom stereocenters. The average Bonchev–Trinajstić information content (AvgIpc) is 3.14. The monoisotopic (exact) mass is 415 g/mol. The topological polar surface area (TPSA) is 94.8 Å². The highest BCUT2D eigenvalue weighted by molar-refractivity contribution is 5.86. The summed E-state index contributed by atoms with van der Waals surface area (Å²) in [6, 6.07) is 4.17. The molecule has 1 aromatic heterocycles. The first kappa shape index (κ1) is 21.9. The first-order chi connectivity index (χ1) is 14.1. The van der Waals surface area contributed by atoms with Crippen molar-refractivity contribution in [3.8, 4) is 5.75 Å². The lowest BCUT2D eigenvalue weighted by Crippen LogP contribution is -2.48. The molecule has 2 atom stereocenters. The predicted molar refractivity (Wildman–Crippen MR) is 113 cm³/mol. The number of hydrogen-bond acceptors (Lipinski definition) is 6. The predicted octanol–water partition coefficient (Wildman–Crippen LogP) is 4.13. The molecule has 0 aliphatic heterocycles. The summed E-state index contributed by atoms with van der Waals surface area (Å²) < 4.78 is 16.2. The maximum Gasteiger partial charge on any atom is 0.408 e. The largest absolute Gasteiger partial charge is 0.444 e. The molecule has 0 spiro atoms. The Kier molecular flexibility index (Phi) is 6.19. The molecule has 30 heavy (non-hydrogen) atoms. The highest BCUT2D eigenvalue weighted by Crippen LogP contribution is 2.30. The number of benzene rings is 1. The molecular formula is C23H29NO6. The van der Waals surface area contributed by atoms with Crippen molar-refractivity contribution in [2.24, 2.45) is 5.92 Å². The van der Waals surface area contributed by atoms with Gasteiger partial charge < -0.3 is 19.2 Å². The summed E-state index contributed by atoms with van der Waals surface area (Å²) in [7, 11) is 0. The standard InChI is InChI=1S/C23H29NO6/c1-6-13(2)19(24-22(27)30-23(3,4)5)21(26)28-14-10-11-16-15-8-7-9-17(15)20(25)29-18(16)12-14/h10-13,19H,6-9H2,1-5H3,(H,24,27)/t13-,19+/m1/s1. The van der Waals surface area contributed by atoms with Crippen LogP contribution in [0.25, 0.3) is 11.0 Å². The van der Waals surface area contributed by atoms with Gasteiger partial charge in [-0.15, -0.1) is 0 Å². The Balaban J connectivity index is 1.81. The van der Waals surface area contributed by atoms with Gasteiger partial charge in [-0.25, -0.2) is 14.4 Å². The summed E-state index contributed by atoms with van der Waals surface area (Å²) in [6.07, 6.45) is 2.49. The Bertz CT molecular complexity index is 1020. The van der Waals surface area contributed by atoms with Crippen LogP contribution in [0.3, 0.4) is 0 Å². The van der Waals surface area contributed by atoms with Crippen molar-refractivity contribution in [2.75, 3.05) is 0 Å². The molecule has 0 bridgehead atoms. The van der Waals surface area contributed by atoms with Gasteiger partial charge in [-0.1, -0.05) is 20.3 Å². The molecule has 1 aliphatic rings. The van der Waals surface area contributed by atoms with Gasteiger partial charge in [0.05, 0.1) is 0 Å². The van der Waals surface area contributed by atoms with Crippen LogP contribution in [0.4, 0.5) is 4.79 Å². The number of carbonyl (C=O) groups excluding carboxylic acids is 2. The number of carbonyl (C=O) groups is 2. The van der Waals surface area contributed by atoms with Crippen molar-refractivity contribution in [1.82, 2.24) is 5.32 Å². The molecule has 1 heterocycles. The summed E-state index contributed by atoms with van der Waals surface area (Å²) in [5, 5.41) is 3.48. The summed E-state index contributed by atoms with van der Waals surface area (Å²) in [5.41, 5.74) is 1.15. The van der Waals surface area contributed by atoms with E-state index in [1.54, 1.807) is 32.9 Å². The summed E-state index contributed by atoms with van der Waals surface area (Å²) in [5.74, 6) is -0.502. The third-order valence-corrected chi connectivity index (χ3v) is 5.30. The normalized spacial score (nSPS) is 15.4. The van der Waals surface area contributed by atoms with Crippen molar-refractivity contribution in [1.29, 1.82) is 0 Å². The van der Waals surface area contributed by atoms with Crippen molar-refractivity contribution >= 4 is 23.0 Å². The Labute approximate surface area is 175 Å². The first-order valence-corrected chi connectivity index (χ1v) is 10.4. The van der Waals surface area contributed by atoms with Crippen LogP contribution in [0, 0.1) is 5.92 Å². The van der Waals surface area contributed by atoms with Crippen molar-refractivity contribution in [2.45, 2.75) is 71.9 Å². The van der Waals surface area contributed by atoms with Gasteiger partial charge in [-0.05, 0) is 63.6 Å². The molecule has 0 radical (unpaired) electrons. The zero-order valence-corrected chi connectivity index (χ0v) is 18.2. The van der Waals surface area contributed by atoms with E-state index in [1.165, 1.54) is 0 Å². The lowest BCUT2D eigenvalue weighted by molar-refractivity contribution is -0.138. The Hall–Kier alpha value is -2.83. The number of rotatable bonds is 5. The number of esters is 1.